The van der Waals surface area contributed by atoms with E-state index in [1.807, 2.05) is 37.3 Å². The van der Waals surface area contributed by atoms with E-state index in [9.17, 15) is 4.39 Å². The minimum absolute atomic E-state index is 0.0247. The Balaban J connectivity index is 2.23. The molecule has 2 rings (SSSR count). The number of rotatable bonds is 4. The lowest BCUT2D eigenvalue weighted by atomic mass is 10.1. The Hall–Kier alpha value is -1.55. The second-order valence-corrected chi connectivity index (χ2v) is 5.09. The Morgan fingerprint density at radius 2 is 1.95 bits per heavy atom. The number of methoxy groups -OCH3 is 1. The molecule has 0 aliphatic carbocycles. The summed E-state index contributed by atoms with van der Waals surface area (Å²) in [5.74, 6) is 0.517. The summed E-state index contributed by atoms with van der Waals surface area (Å²) in [6.45, 7) is 1.98. The van der Waals surface area contributed by atoms with Crippen molar-refractivity contribution in [1.82, 2.24) is 0 Å². The fraction of sp³-hybridized carbons (Fsp3) is 0.200. The number of halogens is 2. The molecule has 0 aliphatic rings. The number of ether oxygens (including phenoxy) is 1. The van der Waals surface area contributed by atoms with Crippen LogP contribution in [-0.2, 0) is 0 Å². The summed E-state index contributed by atoms with van der Waals surface area (Å²) in [6.07, 6.45) is 0. The van der Waals surface area contributed by atoms with Gasteiger partial charge in [-0.2, -0.15) is 0 Å². The summed E-state index contributed by atoms with van der Waals surface area (Å²) >= 11 is 3.35. The number of benzene rings is 2. The van der Waals surface area contributed by atoms with E-state index in [-0.39, 0.29) is 11.9 Å². The van der Waals surface area contributed by atoms with Crippen LogP contribution in [0, 0.1) is 5.82 Å². The van der Waals surface area contributed by atoms with Crippen molar-refractivity contribution >= 4 is 21.6 Å². The Morgan fingerprint density at radius 3 is 2.63 bits per heavy atom. The highest BCUT2D eigenvalue weighted by Gasteiger charge is 2.11. The van der Waals surface area contributed by atoms with Crippen LogP contribution in [0.1, 0.15) is 18.5 Å². The predicted molar refractivity (Wildman–Crippen MR) is 79.1 cm³/mol. The molecule has 0 spiro atoms. The van der Waals surface area contributed by atoms with Crippen molar-refractivity contribution < 1.29 is 9.13 Å². The van der Waals surface area contributed by atoms with Gasteiger partial charge in [-0.15, -0.1) is 0 Å². The van der Waals surface area contributed by atoms with Gasteiger partial charge in [0, 0.05) is 10.5 Å². The van der Waals surface area contributed by atoms with E-state index in [1.165, 1.54) is 6.07 Å². The van der Waals surface area contributed by atoms with Crippen molar-refractivity contribution in [1.29, 1.82) is 0 Å². The van der Waals surface area contributed by atoms with Gasteiger partial charge in [0.05, 0.1) is 12.8 Å². The van der Waals surface area contributed by atoms with Gasteiger partial charge in [0.15, 0.2) is 0 Å². The van der Waals surface area contributed by atoms with E-state index in [0.717, 1.165) is 11.3 Å². The molecule has 2 aromatic rings. The van der Waals surface area contributed by atoms with Gasteiger partial charge in [-0.05, 0) is 52.7 Å². The van der Waals surface area contributed by atoms with E-state index >= 15 is 0 Å². The van der Waals surface area contributed by atoms with Crippen molar-refractivity contribution in [2.75, 3.05) is 12.4 Å². The van der Waals surface area contributed by atoms with Gasteiger partial charge in [0.1, 0.15) is 11.6 Å². The minimum Gasteiger partial charge on any atom is -0.497 e. The van der Waals surface area contributed by atoms with Crippen LogP contribution in [-0.4, -0.2) is 7.11 Å². The van der Waals surface area contributed by atoms with Gasteiger partial charge in [-0.3, -0.25) is 0 Å². The molecule has 0 aliphatic heterocycles. The molecule has 0 heterocycles. The Kier molecular flexibility index (Phi) is 4.43. The molecule has 4 heteroatoms. The second kappa shape index (κ2) is 6.06. The number of nitrogens with one attached hydrogen (secondary N) is 1. The maximum absolute atomic E-state index is 13.8. The third-order valence-electron chi connectivity index (χ3n) is 2.92. The summed E-state index contributed by atoms with van der Waals surface area (Å²) in [5.41, 5.74) is 1.51. The smallest absolute Gasteiger partial charge is 0.147 e. The molecule has 0 radical (unpaired) electrons. The van der Waals surface area contributed by atoms with E-state index < -0.39 is 0 Å². The van der Waals surface area contributed by atoms with Crippen LogP contribution in [0.5, 0.6) is 5.75 Å². The molecule has 1 N–H and O–H groups in total. The predicted octanol–water partition coefficient (Wildman–Crippen LogP) is 4.77. The van der Waals surface area contributed by atoms with Crippen LogP contribution in [0.2, 0.25) is 0 Å². The van der Waals surface area contributed by atoms with Gasteiger partial charge < -0.3 is 10.1 Å². The molecule has 1 atom stereocenters. The average Bonchev–Trinajstić information content (AvgIpc) is 2.43. The van der Waals surface area contributed by atoms with Gasteiger partial charge in [0.2, 0.25) is 0 Å². The van der Waals surface area contributed by atoms with Gasteiger partial charge >= 0.3 is 0 Å². The normalized spacial score (nSPS) is 12.0. The topological polar surface area (TPSA) is 21.3 Å². The summed E-state index contributed by atoms with van der Waals surface area (Å²) < 4.78 is 19.7. The fourth-order valence-corrected chi connectivity index (χ4v) is 2.30. The molecule has 0 saturated carbocycles. The van der Waals surface area contributed by atoms with Gasteiger partial charge in [-0.25, -0.2) is 4.39 Å². The van der Waals surface area contributed by atoms with Crippen LogP contribution in [0.3, 0.4) is 0 Å². The molecular weight excluding hydrogens is 309 g/mol. The Morgan fingerprint density at radius 1 is 1.21 bits per heavy atom. The van der Waals surface area contributed by atoms with Crippen molar-refractivity contribution in [2.24, 2.45) is 0 Å². The first-order valence-corrected chi connectivity index (χ1v) is 6.75. The number of hydrogen-bond donors (Lipinski definition) is 1. The van der Waals surface area contributed by atoms with Crippen molar-refractivity contribution in [3.8, 4) is 5.75 Å². The molecule has 19 heavy (non-hydrogen) atoms. The molecule has 2 aromatic carbocycles. The van der Waals surface area contributed by atoms with Crippen LogP contribution in [0.25, 0.3) is 0 Å². The van der Waals surface area contributed by atoms with E-state index in [0.29, 0.717) is 10.2 Å². The van der Waals surface area contributed by atoms with Crippen molar-refractivity contribution in [2.45, 2.75) is 13.0 Å². The molecule has 0 aromatic heterocycles. The lowest BCUT2D eigenvalue weighted by Gasteiger charge is -2.18. The molecule has 2 nitrogen and oxygen atoms in total. The lowest BCUT2D eigenvalue weighted by Crippen LogP contribution is -2.08. The zero-order valence-electron chi connectivity index (χ0n) is 10.8. The van der Waals surface area contributed by atoms with Crippen LogP contribution >= 0.6 is 15.9 Å². The minimum atomic E-state index is -0.274. The van der Waals surface area contributed by atoms with Gasteiger partial charge in [0.25, 0.3) is 0 Å². The molecule has 0 amide bonds. The fourth-order valence-electron chi connectivity index (χ4n) is 1.85. The zero-order chi connectivity index (χ0) is 13.8. The first-order valence-electron chi connectivity index (χ1n) is 5.96. The average molecular weight is 324 g/mol. The third kappa shape index (κ3) is 3.26. The highest BCUT2D eigenvalue weighted by atomic mass is 79.9. The van der Waals surface area contributed by atoms with Crippen molar-refractivity contribution in [3.63, 3.8) is 0 Å². The first-order chi connectivity index (χ1) is 9.11. The number of anilines is 1. The summed E-state index contributed by atoms with van der Waals surface area (Å²) in [7, 11) is 1.63. The number of hydrogen-bond acceptors (Lipinski definition) is 2. The highest BCUT2D eigenvalue weighted by Crippen LogP contribution is 2.29. The highest BCUT2D eigenvalue weighted by molar-refractivity contribution is 9.10. The van der Waals surface area contributed by atoms with Crippen LogP contribution < -0.4 is 10.1 Å². The third-order valence-corrected chi connectivity index (χ3v) is 3.58. The SMILES string of the molecule is COc1cccc(C(C)Nc2c(F)cccc2Br)c1. The molecule has 0 bridgehead atoms. The largest absolute Gasteiger partial charge is 0.497 e. The lowest BCUT2D eigenvalue weighted by molar-refractivity contribution is 0.414. The Bertz CT molecular complexity index is 554. The summed E-state index contributed by atoms with van der Waals surface area (Å²) in [4.78, 5) is 0. The summed E-state index contributed by atoms with van der Waals surface area (Å²) in [6, 6.07) is 12.6. The standard InChI is InChI=1S/C15H15BrFNO/c1-10(11-5-3-6-12(9-11)19-2)18-15-13(16)7-4-8-14(15)17/h3-10,18H,1-2H3. The summed E-state index contributed by atoms with van der Waals surface area (Å²) in [5, 5.41) is 3.17. The monoisotopic (exact) mass is 323 g/mol. The molecule has 100 valence electrons. The molecular formula is C15H15BrFNO. The van der Waals surface area contributed by atoms with E-state index in [4.69, 9.17) is 4.74 Å². The van der Waals surface area contributed by atoms with Crippen LogP contribution in [0.4, 0.5) is 10.1 Å². The quantitative estimate of drug-likeness (QED) is 0.875. The van der Waals surface area contributed by atoms with E-state index in [2.05, 4.69) is 21.2 Å². The second-order valence-electron chi connectivity index (χ2n) is 4.24. The maximum Gasteiger partial charge on any atom is 0.147 e. The molecule has 0 saturated heterocycles. The van der Waals surface area contributed by atoms with Gasteiger partial charge in [-0.1, -0.05) is 18.2 Å². The van der Waals surface area contributed by atoms with E-state index in [1.54, 1.807) is 13.2 Å². The Labute approximate surface area is 120 Å². The molecule has 1 unspecified atom stereocenters. The zero-order valence-corrected chi connectivity index (χ0v) is 12.4. The maximum atomic E-state index is 13.8. The van der Waals surface area contributed by atoms with Crippen molar-refractivity contribution in [3.05, 3.63) is 58.3 Å². The molecule has 0 fully saturated rings. The number of para-hydroxylation sites is 1. The van der Waals surface area contributed by atoms with Crippen LogP contribution in [0.15, 0.2) is 46.9 Å². The first kappa shape index (κ1) is 13.9.